The molecule has 2 aromatic rings. The molecule has 5 heteroatoms. The van der Waals surface area contributed by atoms with Gasteiger partial charge in [-0.3, -0.25) is 9.59 Å². The number of carbonyl (C=O) groups is 2. The van der Waals surface area contributed by atoms with Gasteiger partial charge >= 0.3 is 0 Å². The maximum Gasteiger partial charge on any atom is 0.243 e. The lowest BCUT2D eigenvalue weighted by atomic mass is 10.0. The summed E-state index contributed by atoms with van der Waals surface area (Å²) in [4.78, 5) is 23.8. The second-order valence-electron chi connectivity index (χ2n) is 5.40. The summed E-state index contributed by atoms with van der Waals surface area (Å²) in [6, 6.07) is 13.3. The predicted molar refractivity (Wildman–Crippen MR) is 95.4 cm³/mol. The molecule has 2 rings (SSSR count). The van der Waals surface area contributed by atoms with Crippen LogP contribution in [0.15, 0.2) is 46.9 Å². The number of halogens is 1. The molecule has 0 aliphatic rings. The van der Waals surface area contributed by atoms with Crippen LogP contribution in [-0.4, -0.2) is 18.4 Å². The number of hydrogen-bond acceptors (Lipinski definition) is 2. The first-order valence-corrected chi connectivity index (χ1v) is 8.12. The Morgan fingerprint density at radius 2 is 1.74 bits per heavy atom. The Kier molecular flexibility index (Phi) is 5.93. The monoisotopic (exact) mass is 374 g/mol. The fourth-order valence-corrected chi connectivity index (χ4v) is 2.48. The van der Waals surface area contributed by atoms with E-state index in [9.17, 15) is 9.59 Å². The van der Waals surface area contributed by atoms with Crippen LogP contribution in [0.1, 0.15) is 16.7 Å². The molecule has 0 radical (unpaired) electrons. The highest BCUT2D eigenvalue weighted by Gasteiger charge is 2.08. The lowest BCUT2D eigenvalue weighted by molar-refractivity contribution is -0.123. The summed E-state index contributed by atoms with van der Waals surface area (Å²) in [5.41, 5.74) is 3.97. The highest BCUT2D eigenvalue weighted by atomic mass is 79.9. The van der Waals surface area contributed by atoms with Gasteiger partial charge in [-0.2, -0.15) is 0 Å². The van der Waals surface area contributed by atoms with Crippen molar-refractivity contribution >= 4 is 33.4 Å². The summed E-state index contributed by atoms with van der Waals surface area (Å²) in [7, 11) is 0. The van der Waals surface area contributed by atoms with Gasteiger partial charge in [-0.25, -0.2) is 0 Å². The van der Waals surface area contributed by atoms with Crippen LogP contribution in [0, 0.1) is 13.8 Å². The number of amides is 2. The van der Waals surface area contributed by atoms with Crippen molar-refractivity contribution in [3.8, 4) is 0 Å². The van der Waals surface area contributed by atoms with Gasteiger partial charge in [0.05, 0.1) is 18.7 Å². The van der Waals surface area contributed by atoms with Crippen LogP contribution < -0.4 is 10.6 Å². The topological polar surface area (TPSA) is 58.2 Å². The van der Waals surface area contributed by atoms with Crippen LogP contribution in [0.4, 0.5) is 5.69 Å². The normalized spacial score (nSPS) is 10.2. The van der Waals surface area contributed by atoms with E-state index >= 15 is 0 Å². The van der Waals surface area contributed by atoms with Gasteiger partial charge in [0.15, 0.2) is 0 Å². The van der Waals surface area contributed by atoms with E-state index in [0.717, 1.165) is 15.6 Å². The summed E-state index contributed by atoms with van der Waals surface area (Å²) >= 11 is 3.36. The van der Waals surface area contributed by atoms with E-state index in [4.69, 9.17) is 0 Å². The van der Waals surface area contributed by atoms with Crippen LogP contribution in [0.3, 0.4) is 0 Å². The summed E-state index contributed by atoms with van der Waals surface area (Å²) in [5.74, 6) is -0.430. The molecule has 2 aromatic carbocycles. The highest BCUT2D eigenvalue weighted by molar-refractivity contribution is 9.10. The largest absolute Gasteiger partial charge is 0.347 e. The molecule has 0 unspecified atom stereocenters. The number of para-hydroxylation sites is 1. The molecule has 0 aliphatic carbocycles. The van der Waals surface area contributed by atoms with Crippen molar-refractivity contribution in [1.29, 1.82) is 0 Å². The molecule has 0 heterocycles. The van der Waals surface area contributed by atoms with Gasteiger partial charge in [0.2, 0.25) is 11.8 Å². The Hall–Kier alpha value is -2.14. The second-order valence-corrected chi connectivity index (χ2v) is 6.25. The van der Waals surface area contributed by atoms with Crippen molar-refractivity contribution in [2.75, 3.05) is 11.9 Å². The molecular formula is C18H19BrN2O2. The molecule has 0 saturated carbocycles. The standard InChI is InChI=1S/C18H19BrN2O2/c1-12-7-8-14(9-13(12)2)10-17(22)20-11-18(23)21-16-6-4-3-5-15(16)19/h3-9H,10-11H2,1-2H3,(H,20,22)(H,21,23). The molecule has 0 aromatic heterocycles. The van der Waals surface area contributed by atoms with Crippen LogP contribution >= 0.6 is 15.9 Å². The zero-order valence-corrected chi connectivity index (χ0v) is 14.7. The number of nitrogens with one attached hydrogen (secondary N) is 2. The maximum absolute atomic E-state index is 11.9. The Morgan fingerprint density at radius 1 is 1.00 bits per heavy atom. The molecule has 2 N–H and O–H groups in total. The zero-order valence-electron chi connectivity index (χ0n) is 13.2. The quantitative estimate of drug-likeness (QED) is 0.842. The second kappa shape index (κ2) is 7.92. The first-order valence-electron chi connectivity index (χ1n) is 7.33. The molecule has 4 nitrogen and oxygen atoms in total. The van der Waals surface area contributed by atoms with Crippen molar-refractivity contribution in [3.05, 3.63) is 63.6 Å². The first-order chi connectivity index (χ1) is 11.0. The van der Waals surface area contributed by atoms with Gasteiger partial charge in [-0.05, 0) is 58.6 Å². The molecule has 23 heavy (non-hydrogen) atoms. The lowest BCUT2D eigenvalue weighted by Crippen LogP contribution is -2.33. The third kappa shape index (κ3) is 5.21. The SMILES string of the molecule is Cc1ccc(CC(=O)NCC(=O)Nc2ccccc2Br)cc1C. The number of aryl methyl sites for hydroxylation is 2. The van der Waals surface area contributed by atoms with E-state index in [1.54, 1.807) is 6.07 Å². The van der Waals surface area contributed by atoms with Crippen LogP contribution in [-0.2, 0) is 16.0 Å². The molecule has 2 amide bonds. The Morgan fingerprint density at radius 3 is 2.43 bits per heavy atom. The predicted octanol–water partition coefficient (Wildman–Crippen LogP) is 3.36. The maximum atomic E-state index is 11.9. The van der Waals surface area contributed by atoms with Gasteiger partial charge in [-0.1, -0.05) is 30.3 Å². The molecule has 0 atom stereocenters. The van der Waals surface area contributed by atoms with Crippen LogP contribution in [0.25, 0.3) is 0 Å². The van der Waals surface area contributed by atoms with Crippen LogP contribution in [0.5, 0.6) is 0 Å². The van der Waals surface area contributed by atoms with Gasteiger partial charge in [0, 0.05) is 4.47 Å². The van der Waals surface area contributed by atoms with E-state index in [2.05, 4.69) is 26.6 Å². The van der Waals surface area contributed by atoms with Gasteiger partial charge in [0.1, 0.15) is 0 Å². The Bertz CT molecular complexity index is 729. The molecule has 0 aliphatic heterocycles. The van der Waals surface area contributed by atoms with Gasteiger partial charge < -0.3 is 10.6 Å². The molecule has 0 fully saturated rings. The number of hydrogen-bond donors (Lipinski definition) is 2. The fourth-order valence-electron chi connectivity index (χ4n) is 2.10. The van der Waals surface area contributed by atoms with Crippen molar-refractivity contribution in [3.63, 3.8) is 0 Å². The number of benzene rings is 2. The summed E-state index contributed by atoms with van der Waals surface area (Å²) < 4.78 is 0.801. The molecule has 0 saturated heterocycles. The summed E-state index contributed by atoms with van der Waals surface area (Å²) in [6.45, 7) is 4.00. The van der Waals surface area contributed by atoms with E-state index in [0.29, 0.717) is 5.69 Å². The molecule has 120 valence electrons. The third-order valence-corrected chi connectivity index (χ3v) is 4.22. The summed E-state index contributed by atoms with van der Waals surface area (Å²) in [5, 5.41) is 5.38. The smallest absolute Gasteiger partial charge is 0.243 e. The minimum absolute atomic E-state index is 0.0506. The minimum atomic E-state index is -0.259. The van der Waals surface area contributed by atoms with E-state index < -0.39 is 0 Å². The van der Waals surface area contributed by atoms with Crippen molar-refractivity contribution < 1.29 is 9.59 Å². The molecular weight excluding hydrogens is 356 g/mol. The lowest BCUT2D eigenvalue weighted by Gasteiger charge is -2.09. The van der Waals surface area contributed by atoms with E-state index in [1.807, 2.05) is 50.2 Å². The van der Waals surface area contributed by atoms with Crippen molar-refractivity contribution in [1.82, 2.24) is 5.32 Å². The number of carbonyl (C=O) groups excluding carboxylic acids is 2. The summed E-state index contributed by atoms with van der Waals surface area (Å²) in [6.07, 6.45) is 0.267. The minimum Gasteiger partial charge on any atom is -0.347 e. The number of anilines is 1. The highest BCUT2D eigenvalue weighted by Crippen LogP contribution is 2.20. The Labute approximate surface area is 144 Å². The zero-order chi connectivity index (χ0) is 16.8. The van der Waals surface area contributed by atoms with E-state index in [-0.39, 0.29) is 24.8 Å². The number of rotatable bonds is 5. The first kappa shape index (κ1) is 17.2. The third-order valence-electron chi connectivity index (χ3n) is 3.53. The van der Waals surface area contributed by atoms with Crippen molar-refractivity contribution in [2.24, 2.45) is 0 Å². The van der Waals surface area contributed by atoms with Gasteiger partial charge in [0.25, 0.3) is 0 Å². The Balaban J connectivity index is 1.83. The molecule has 0 spiro atoms. The average Bonchev–Trinajstić information content (AvgIpc) is 2.51. The van der Waals surface area contributed by atoms with Crippen LogP contribution in [0.2, 0.25) is 0 Å². The van der Waals surface area contributed by atoms with Crippen molar-refractivity contribution in [2.45, 2.75) is 20.3 Å². The fraction of sp³-hybridized carbons (Fsp3) is 0.222. The van der Waals surface area contributed by atoms with Gasteiger partial charge in [-0.15, -0.1) is 0 Å². The van der Waals surface area contributed by atoms with E-state index in [1.165, 1.54) is 5.56 Å². The average molecular weight is 375 g/mol. The molecule has 0 bridgehead atoms.